The summed E-state index contributed by atoms with van der Waals surface area (Å²) in [5.41, 5.74) is 1.88. The maximum Gasteiger partial charge on any atom is 0.223 e. The van der Waals surface area contributed by atoms with Gasteiger partial charge < -0.3 is 10.0 Å². The minimum absolute atomic E-state index is 0.0163. The van der Waals surface area contributed by atoms with Crippen molar-refractivity contribution in [3.8, 4) is 0 Å². The summed E-state index contributed by atoms with van der Waals surface area (Å²) >= 11 is 0. The summed E-state index contributed by atoms with van der Waals surface area (Å²) in [6.45, 7) is 6.02. The van der Waals surface area contributed by atoms with Crippen molar-refractivity contribution in [2.24, 2.45) is 29.1 Å². The molecule has 0 radical (unpaired) electrons. The minimum Gasteiger partial charge on any atom is -0.389 e. The molecule has 1 heterocycles. The molecule has 1 aliphatic heterocycles. The van der Waals surface area contributed by atoms with E-state index in [1.54, 1.807) is 0 Å². The van der Waals surface area contributed by atoms with Gasteiger partial charge in [-0.15, -0.1) is 0 Å². The molecular weight excluding hydrogens is 322 g/mol. The molecule has 3 nitrogen and oxygen atoms in total. The van der Waals surface area contributed by atoms with E-state index < -0.39 is 0 Å². The zero-order valence-electron chi connectivity index (χ0n) is 16.0. The molecule has 4 aliphatic carbocycles. The van der Waals surface area contributed by atoms with Crippen molar-refractivity contribution in [2.45, 2.75) is 57.5 Å². The van der Waals surface area contributed by atoms with Gasteiger partial charge in [-0.3, -0.25) is 4.79 Å². The molecule has 1 saturated heterocycles. The number of hydrogen-bond acceptors (Lipinski definition) is 2. The number of carbonyl (C=O) groups excluding carboxylic acids is 1. The first-order valence-electron chi connectivity index (χ1n) is 10.4. The highest BCUT2D eigenvalue weighted by Crippen LogP contribution is 2.69. The summed E-state index contributed by atoms with van der Waals surface area (Å²) in [6, 6.07) is 10.9. The molecule has 1 amide bonds. The lowest BCUT2D eigenvalue weighted by Crippen LogP contribution is -2.63. The summed E-state index contributed by atoms with van der Waals surface area (Å²) in [5, 5.41) is 9.62. The van der Waals surface area contributed by atoms with Gasteiger partial charge in [0.15, 0.2) is 0 Å². The van der Waals surface area contributed by atoms with E-state index in [9.17, 15) is 9.90 Å². The van der Waals surface area contributed by atoms with Crippen LogP contribution in [-0.4, -0.2) is 35.1 Å². The van der Waals surface area contributed by atoms with Crippen LogP contribution in [0.5, 0.6) is 0 Å². The Morgan fingerprint density at radius 2 is 1.54 bits per heavy atom. The number of nitrogens with zero attached hydrogens (tertiary/aromatic N) is 1. The Morgan fingerprint density at radius 3 is 2.04 bits per heavy atom. The number of rotatable bonds is 3. The smallest absolute Gasteiger partial charge is 0.223 e. The molecule has 0 spiro atoms. The summed E-state index contributed by atoms with van der Waals surface area (Å²) in [4.78, 5) is 14.9. The molecule has 6 rings (SSSR count). The molecule has 26 heavy (non-hydrogen) atoms. The van der Waals surface area contributed by atoms with Crippen LogP contribution in [-0.2, 0) is 10.2 Å². The van der Waals surface area contributed by atoms with Gasteiger partial charge >= 0.3 is 0 Å². The van der Waals surface area contributed by atoms with Crippen LogP contribution in [0.15, 0.2) is 30.3 Å². The third-order valence-electron chi connectivity index (χ3n) is 8.81. The van der Waals surface area contributed by atoms with Gasteiger partial charge in [0.05, 0.1) is 6.10 Å². The number of aliphatic hydroxyl groups is 1. The molecule has 1 aromatic carbocycles. The lowest BCUT2D eigenvalue weighted by atomic mass is 9.37. The predicted molar refractivity (Wildman–Crippen MR) is 102 cm³/mol. The van der Waals surface area contributed by atoms with Gasteiger partial charge in [0, 0.05) is 24.9 Å². The van der Waals surface area contributed by atoms with Gasteiger partial charge in [0.25, 0.3) is 0 Å². The summed E-state index contributed by atoms with van der Waals surface area (Å²) in [7, 11) is 0. The van der Waals surface area contributed by atoms with Crippen LogP contribution in [0.4, 0.5) is 0 Å². The maximum atomic E-state index is 13.1. The number of carbonyl (C=O) groups is 1. The van der Waals surface area contributed by atoms with Crippen molar-refractivity contribution in [3.05, 3.63) is 35.9 Å². The molecular formula is C23H31NO2. The number of β-amino-alcohol motifs (C(OH)–C–C–N with tert-alkyl or cyclic N) is 1. The van der Waals surface area contributed by atoms with Gasteiger partial charge in [0.2, 0.25) is 5.91 Å². The topological polar surface area (TPSA) is 40.5 Å². The van der Waals surface area contributed by atoms with Gasteiger partial charge in [-0.1, -0.05) is 44.2 Å². The Hall–Kier alpha value is -1.35. The van der Waals surface area contributed by atoms with Crippen LogP contribution in [0, 0.1) is 29.1 Å². The quantitative estimate of drug-likeness (QED) is 0.902. The van der Waals surface area contributed by atoms with E-state index >= 15 is 0 Å². The third kappa shape index (κ3) is 2.19. The van der Waals surface area contributed by atoms with Crippen molar-refractivity contribution in [1.29, 1.82) is 0 Å². The maximum absolute atomic E-state index is 13.1. The van der Waals surface area contributed by atoms with E-state index in [1.807, 2.05) is 4.90 Å². The van der Waals surface area contributed by atoms with Gasteiger partial charge in [-0.05, 0) is 60.3 Å². The predicted octanol–water partition coefficient (Wildman–Crippen LogP) is 3.61. The Labute approximate surface area is 156 Å². The molecule has 5 fully saturated rings. The van der Waals surface area contributed by atoms with Crippen LogP contribution in [0.2, 0.25) is 0 Å². The summed E-state index contributed by atoms with van der Waals surface area (Å²) in [5.74, 6) is 3.17. The standard InChI is InChI=1S/C23H31NO2/c1-22(2)16-8-18-10-17(22)11-19(9-16)23(18,15-6-4-3-5-7-15)12-21(26)24-13-20(25)14-24/h3-7,16-20,25H,8-14H2,1-2H3. The molecule has 4 saturated carbocycles. The van der Waals surface area contributed by atoms with Crippen molar-refractivity contribution in [3.63, 3.8) is 0 Å². The second kappa shape index (κ2) is 5.58. The fourth-order valence-electron chi connectivity index (χ4n) is 7.11. The fourth-order valence-corrected chi connectivity index (χ4v) is 7.11. The van der Waals surface area contributed by atoms with Gasteiger partial charge in [-0.25, -0.2) is 0 Å². The van der Waals surface area contributed by atoms with Crippen LogP contribution in [0.1, 0.15) is 51.5 Å². The first kappa shape index (κ1) is 16.8. The molecule has 1 N–H and O–H groups in total. The molecule has 0 unspecified atom stereocenters. The zero-order chi connectivity index (χ0) is 18.1. The van der Waals surface area contributed by atoms with Crippen LogP contribution < -0.4 is 0 Å². The number of hydrogen-bond donors (Lipinski definition) is 1. The molecule has 1 aromatic rings. The Bertz CT molecular complexity index is 672. The van der Waals surface area contributed by atoms with Gasteiger partial charge in [-0.2, -0.15) is 0 Å². The fraction of sp³-hybridized carbons (Fsp3) is 0.696. The Morgan fingerprint density at radius 1 is 1.00 bits per heavy atom. The average Bonchev–Trinajstić information content (AvgIpc) is 2.57. The van der Waals surface area contributed by atoms with E-state index in [1.165, 1.54) is 31.2 Å². The van der Waals surface area contributed by atoms with E-state index in [0.717, 1.165) is 11.8 Å². The number of likely N-dealkylation sites (tertiary alicyclic amines) is 1. The SMILES string of the molecule is CC1(C)C2CC3CC1CC(C2)C3(CC(=O)N1CC(O)C1)c1ccccc1. The van der Waals surface area contributed by atoms with Crippen LogP contribution in [0.25, 0.3) is 0 Å². The van der Waals surface area contributed by atoms with Crippen LogP contribution in [0.3, 0.4) is 0 Å². The lowest BCUT2D eigenvalue weighted by Gasteiger charge is -2.67. The van der Waals surface area contributed by atoms with E-state index in [2.05, 4.69) is 44.2 Å². The second-order valence-corrected chi connectivity index (χ2v) is 10.1. The molecule has 140 valence electrons. The van der Waals surface area contributed by atoms with Gasteiger partial charge in [0.1, 0.15) is 0 Å². The highest BCUT2D eigenvalue weighted by atomic mass is 16.3. The number of benzene rings is 1. The van der Waals surface area contributed by atoms with Crippen molar-refractivity contribution in [2.75, 3.05) is 13.1 Å². The lowest BCUT2D eigenvalue weighted by molar-refractivity contribution is -0.160. The minimum atomic E-state index is -0.314. The van der Waals surface area contributed by atoms with E-state index in [-0.39, 0.29) is 17.4 Å². The Balaban J connectivity index is 1.51. The molecule has 3 heteroatoms. The number of aliphatic hydroxyl groups excluding tert-OH is 1. The summed E-state index contributed by atoms with van der Waals surface area (Å²) < 4.78 is 0. The molecule has 4 bridgehead atoms. The first-order chi connectivity index (χ1) is 12.4. The van der Waals surface area contributed by atoms with Crippen molar-refractivity contribution in [1.82, 2.24) is 4.90 Å². The largest absolute Gasteiger partial charge is 0.389 e. The zero-order valence-corrected chi connectivity index (χ0v) is 16.0. The van der Waals surface area contributed by atoms with E-state index in [4.69, 9.17) is 0 Å². The first-order valence-corrected chi connectivity index (χ1v) is 10.4. The van der Waals surface area contributed by atoms with Crippen molar-refractivity contribution >= 4 is 5.91 Å². The monoisotopic (exact) mass is 353 g/mol. The molecule has 0 aromatic heterocycles. The van der Waals surface area contributed by atoms with Crippen molar-refractivity contribution < 1.29 is 9.90 Å². The highest BCUT2D eigenvalue weighted by Gasteiger charge is 2.63. The normalized spacial score (nSPS) is 40.5. The second-order valence-electron chi connectivity index (χ2n) is 10.1. The Kier molecular flexibility index (Phi) is 3.60. The summed E-state index contributed by atoms with van der Waals surface area (Å²) in [6.07, 6.45) is 5.45. The van der Waals surface area contributed by atoms with Crippen LogP contribution >= 0.6 is 0 Å². The molecule has 0 atom stereocenters. The molecule has 5 aliphatic rings. The van der Waals surface area contributed by atoms with E-state index in [0.29, 0.717) is 36.8 Å². The highest BCUT2D eigenvalue weighted by molar-refractivity contribution is 5.79. The average molecular weight is 354 g/mol. The third-order valence-corrected chi connectivity index (χ3v) is 8.81. The number of amides is 1.